The Morgan fingerprint density at radius 3 is 2.33 bits per heavy atom. The quantitative estimate of drug-likeness (QED) is 0.554. The van der Waals surface area contributed by atoms with Crippen molar-refractivity contribution in [2.45, 2.75) is 19.4 Å². The van der Waals surface area contributed by atoms with Crippen molar-refractivity contribution >= 4 is 17.6 Å². The van der Waals surface area contributed by atoms with Gasteiger partial charge in [-0.25, -0.2) is 9.78 Å². The molecule has 2 heterocycles. The molecule has 154 valence electrons. The number of nitrogens with zero attached hydrogens (tertiary/aromatic N) is 3. The summed E-state index contributed by atoms with van der Waals surface area (Å²) in [5.74, 6) is 2.47. The smallest absolute Gasteiger partial charge is 0.409 e. The zero-order chi connectivity index (χ0) is 20.9. The van der Waals surface area contributed by atoms with Crippen LogP contribution in [-0.4, -0.2) is 42.2 Å². The highest BCUT2D eigenvalue weighted by molar-refractivity contribution is 5.69. The molecule has 0 N–H and O–H groups in total. The Bertz CT molecular complexity index is 975. The molecule has 0 spiro atoms. The topological polar surface area (TPSA) is 54.9 Å². The summed E-state index contributed by atoms with van der Waals surface area (Å²) in [6, 6.07) is 21.9. The molecule has 6 nitrogen and oxygen atoms in total. The van der Waals surface area contributed by atoms with E-state index in [0.717, 1.165) is 41.5 Å². The molecule has 0 bridgehead atoms. The van der Waals surface area contributed by atoms with Crippen molar-refractivity contribution in [3.05, 3.63) is 78.5 Å². The van der Waals surface area contributed by atoms with Gasteiger partial charge in [0.05, 0.1) is 6.04 Å². The Balaban J connectivity index is 1.39. The zero-order valence-electron chi connectivity index (χ0n) is 17.2. The third-order valence-corrected chi connectivity index (χ3v) is 5.26. The first-order chi connectivity index (χ1) is 14.6. The highest BCUT2D eigenvalue weighted by Crippen LogP contribution is 2.28. The number of rotatable bonds is 7. The molecule has 30 heavy (non-hydrogen) atoms. The Morgan fingerprint density at radius 2 is 1.77 bits per heavy atom. The van der Waals surface area contributed by atoms with Crippen molar-refractivity contribution in [2.75, 3.05) is 25.1 Å². The number of amides is 1. The van der Waals surface area contributed by atoms with Gasteiger partial charge in [0, 0.05) is 25.5 Å². The summed E-state index contributed by atoms with van der Waals surface area (Å²) in [5.41, 5.74) is 2.21. The van der Waals surface area contributed by atoms with E-state index >= 15 is 0 Å². The lowest BCUT2D eigenvalue weighted by Gasteiger charge is -2.22. The molecule has 1 aromatic heterocycles. The molecule has 0 saturated carbocycles. The molecule has 1 aliphatic rings. The largest absolute Gasteiger partial charge is 0.457 e. The second kappa shape index (κ2) is 8.86. The van der Waals surface area contributed by atoms with Crippen LogP contribution in [0.25, 0.3) is 0 Å². The van der Waals surface area contributed by atoms with Gasteiger partial charge in [-0.05, 0) is 67.4 Å². The van der Waals surface area contributed by atoms with Gasteiger partial charge in [-0.2, -0.15) is 0 Å². The lowest BCUT2D eigenvalue weighted by molar-refractivity contribution is 0.163. The van der Waals surface area contributed by atoms with Gasteiger partial charge in [-0.15, -0.1) is 0 Å². The maximum absolute atomic E-state index is 11.5. The minimum absolute atomic E-state index is 0.0810. The minimum Gasteiger partial charge on any atom is -0.457 e. The maximum Gasteiger partial charge on any atom is 0.409 e. The van der Waals surface area contributed by atoms with Gasteiger partial charge in [-0.3, -0.25) is 0 Å². The normalized spacial score (nSPS) is 15.7. The van der Waals surface area contributed by atoms with Crippen LogP contribution < -0.4 is 9.64 Å². The number of hydrogen-bond donors (Lipinski definition) is 0. The van der Waals surface area contributed by atoms with Gasteiger partial charge in [0.2, 0.25) is 0 Å². The molecule has 3 aromatic rings. The summed E-state index contributed by atoms with van der Waals surface area (Å²) in [6.07, 6.45) is 2.31. The van der Waals surface area contributed by atoms with Gasteiger partial charge < -0.3 is 19.3 Å². The molecule has 1 fully saturated rings. The first-order valence-corrected chi connectivity index (χ1v) is 10.1. The fourth-order valence-corrected chi connectivity index (χ4v) is 3.51. The highest BCUT2D eigenvalue weighted by Gasteiger charge is 2.29. The second-order valence-electron chi connectivity index (χ2n) is 7.22. The van der Waals surface area contributed by atoms with Gasteiger partial charge in [0.1, 0.15) is 23.9 Å². The zero-order valence-corrected chi connectivity index (χ0v) is 17.2. The number of anilines is 2. The monoisotopic (exact) mass is 403 g/mol. The van der Waals surface area contributed by atoms with E-state index in [1.807, 2.05) is 66.7 Å². The van der Waals surface area contributed by atoms with Crippen molar-refractivity contribution in [1.29, 1.82) is 0 Å². The summed E-state index contributed by atoms with van der Waals surface area (Å²) >= 11 is 0. The number of carbonyl (C=O) groups is 1. The Morgan fingerprint density at radius 1 is 1.07 bits per heavy atom. The first-order valence-electron chi connectivity index (χ1n) is 10.1. The highest BCUT2D eigenvalue weighted by atomic mass is 16.6. The average molecular weight is 403 g/mol. The number of pyridine rings is 1. The second-order valence-corrected chi connectivity index (χ2v) is 7.22. The Kier molecular flexibility index (Phi) is 5.84. The van der Waals surface area contributed by atoms with E-state index in [0.29, 0.717) is 6.61 Å². The molecule has 4 rings (SSSR count). The Hall–Kier alpha value is -3.54. The number of hydrogen-bond acceptors (Lipinski definition) is 5. The van der Waals surface area contributed by atoms with Crippen molar-refractivity contribution in [2.24, 2.45) is 0 Å². The van der Waals surface area contributed by atoms with Crippen LogP contribution in [-0.2, 0) is 11.2 Å². The molecular weight excluding hydrogens is 378 g/mol. The minimum atomic E-state index is -0.256. The Labute approximate surface area is 176 Å². The van der Waals surface area contributed by atoms with Crippen LogP contribution in [0.3, 0.4) is 0 Å². The van der Waals surface area contributed by atoms with Crippen LogP contribution in [0.15, 0.2) is 72.9 Å². The maximum atomic E-state index is 11.5. The molecule has 6 heteroatoms. The fourth-order valence-electron chi connectivity index (χ4n) is 3.51. The van der Waals surface area contributed by atoms with E-state index in [-0.39, 0.29) is 12.1 Å². The summed E-state index contributed by atoms with van der Waals surface area (Å²) in [4.78, 5) is 19.7. The molecule has 1 saturated heterocycles. The molecule has 1 aliphatic heterocycles. The molecular formula is C24H25N3O3. The number of benzene rings is 2. The molecule has 2 aromatic carbocycles. The third-order valence-electron chi connectivity index (χ3n) is 5.26. The van der Waals surface area contributed by atoms with Crippen LogP contribution in [0.1, 0.15) is 12.5 Å². The lowest BCUT2D eigenvalue weighted by atomic mass is 10.1. The van der Waals surface area contributed by atoms with Crippen molar-refractivity contribution in [1.82, 2.24) is 9.88 Å². The summed E-state index contributed by atoms with van der Waals surface area (Å²) in [5, 5.41) is 0. The van der Waals surface area contributed by atoms with E-state index in [1.165, 1.54) is 0 Å². The first kappa shape index (κ1) is 19.8. The van der Waals surface area contributed by atoms with Crippen LogP contribution in [0, 0.1) is 0 Å². The molecule has 0 radical (unpaired) electrons. The number of carbonyl (C=O) groups excluding carboxylic acids is 1. The van der Waals surface area contributed by atoms with Crippen molar-refractivity contribution in [3.63, 3.8) is 0 Å². The lowest BCUT2D eigenvalue weighted by Crippen LogP contribution is -2.30. The van der Waals surface area contributed by atoms with Crippen molar-refractivity contribution < 1.29 is 14.3 Å². The third kappa shape index (κ3) is 4.38. The van der Waals surface area contributed by atoms with E-state index in [2.05, 4.69) is 16.8 Å². The SMILES string of the molecule is CCN(c1ccc(Oc2ccc(C[C@H]3COC(=O)N3C)cc2)cc1)c1ccccn1. The predicted octanol–water partition coefficient (Wildman–Crippen LogP) is 5.03. The summed E-state index contributed by atoms with van der Waals surface area (Å²) in [7, 11) is 1.77. The summed E-state index contributed by atoms with van der Waals surface area (Å²) in [6.45, 7) is 3.37. The molecule has 1 amide bonds. The number of aromatic nitrogens is 1. The van der Waals surface area contributed by atoms with Gasteiger partial charge in [0.25, 0.3) is 0 Å². The van der Waals surface area contributed by atoms with Crippen LogP contribution in [0.4, 0.5) is 16.3 Å². The average Bonchev–Trinajstić information content (AvgIpc) is 3.10. The van der Waals surface area contributed by atoms with Gasteiger partial charge in [-0.1, -0.05) is 18.2 Å². The van der Waals surface area contributed by atoms with E-state index < -0.39 is 0 Å². The number of ether oxygens (including phenoxy) is 2. The van der Waals surface area contributed by atoms with Gasteiger partial charge in [0.15, 0.2) is 0 Å². The van der Waals surface area contributed by atoms with Crippen LogP contribution in [0.2, 0.25) is 0 Å². The van der Waals surface area contributed by atoms with Gasteiger partial charge >= 0.3 is 6.09 Å². The van der Waals surface area contributed by atoms with E-state index in [4.69, 9.17) is 9.47 Å². The molecule has 1 atom stereocenters. The number of likely N-dealkylation sites (N-methyl/N-ethyl adjacent to an activating group) is 1. The molecule has 0 aliphatic carbocycles. The summed E-state index contributed by atoms with van der Waals surface area (Å²) < 4.78 is 11.1. The predicted molar refractivity (Wildman–Crippen MR) is 116 cm³/mol. The number of cyclic esters (lactones) is 1. The van der Waals surface area contributed by atoms with Crippen LogP contribution >= 0.6 is 0 Å². The fraction of sp³-hybridized carbons (Fsp3) is 0.250. The standard InChI is InChI=1S/C24H25N3O3/c1-3-27(23-6-4-5-15-25-23)19-9-13-22(14-10-19)30-21-11-7-18(8-12-21)16-20-17-29-24(28)26(20)2/h4-15,20H,3,16-17H2,1-2H3/t20-/m0/s1. The van der Waals surface area contributed by atoms with E-state index in [1.54, 1.807) is 18.1 Å². The molecule has 0 unspecified atom stereocenters. The van der Waals surface area contributed by atoms with Crippen LogP contribution in [0.5, 0.6) is 11.5 Å². The van der Waals surface area contributed by atoms with E-state index in [9.17, 15) is 4.79 Å². The van der Waals surface area contributed by atoms with Crippen molar-refractivity contribution in [3.8, 4) is 11.5 Å².